The van der Waals surface area contributed by atoms with Crippen molar-refractivity contribution >= 4 is 32.8 Å². The molecule has 80 valence electrons. The van der Waals surface area contributed by atoms with Gasteiger partial charge in [-0.3, -0.25) is 4.98 Å². The van der Waals surface area contributed by atoms with Gasteiger partial charge in [-0.15, -0.1) is 0 Å². The molecule has 0 aliphatic rings. The molecule has 2 rings (SSSR count). The normalized spacial score (nSPS) is 9.62. The minimum absolute atomic E-state index is 0.556. The molecular formula is C11H7BrN2O2. The number of hydrogen-bond acceptors (Lipinski definition) is 3. The Morgan fingerprint density at radius 2 is 2.38 bits per heavy atom. The molecule has 0 spiro atoms. The maximum Gasteiger partial charge on any atom is 0.384 e. The lowest BCUT2D eigenvalue weighted by Gasteiger charge is -1.93. The van der Waals surface area contributed by atoms with E-state index < -0.39 is 5.97 Å². The Balaban J connectivity index is 2.53. The lowest BCUT2D eigenvalue weighted by Crippen LogP contribution is -1.94. The van der Waals surface area contributed by atoms with Crippen LogP contribution in [0.4, 0.5) is 0 Å². The number of esters is 1. The SMILES string of the molecule is COC(=O)C#Cc1c[nH]c2cncc(Br)c12. The molecule has 2 aromatic rings. The number of nitrogens with zero attached hydrogens (tertiary/aromatic N) is 1. The lowest BCUT2D eigenvalue weighted by atomic mass is 10.2. The summed E-state index contributed by atoms with van der Waals surface area (Å²) in [7, 11) is 1.30. The molecule has 1 N–H and O–H groups in total. The fourth-order valence-corrected chi connectivity index (χ4v) is 1.85. The lowest BCUT2D eigenvalue weighted by molar-refractivity contribution is -0.133. The van der Waals surface area contributed by atoms with Crippen LogP contribution in [-0.2, 0) is 9.53 Å². The highest BCUT2D eigenvalue weighted by molar-refractivity contribution is 9.10. The number of nitrogens with one attached hydrogen (secondary N) is 1. The van der Waals surface area contributed by atoms with Crippen molar-refractivity contribution in [3.8, 4) is 11.8 Å². The van der Waals surface area contributed by atoms with Gasteiger partial charge in [-0.25, -0.2) is 4.79 Å². The maximum atomic E-state index is 10.9. The third kappa shape index (κ3) is 1.92. The van der Waals surface area contributed by atoms with Crippen molar-refractivity contribution in [1.82, 2.24) is 9.97 Å². The van der Waals surface area contributed by atoms with E-state index in [2.05, 4.69) is 42.5 Å². The molecule has 5 heteroatoms. The van der Waals surface area contributed by atoms with Crippen molar-refractivity contribution in [3.63, 3.8) is 0 Å². The number of pyridine rings is 1. The Morgan fingerprint density at radius 3 is 3.12 bits per heavy atom. The number of aromatic amines is 1. The van der Waals surface area contributed by atoms with Crippen LogP contribution in [-0.4, -0.2) is 23.0 Å². The fourth-order valence-electron chi connectivity index (χ4n) is 1.31. The van der Waals surface area contributed by atoms with Crippen LogP contribution in [0.1, 0.15) is 5.56 Å². The quantitative estimate of drug-likeness (QED) is 0.591. The van der Waals surface area contributed by atoms with Crippen molar-refractivity contribution < 1.29 is 9.53 Å². The van der Waals surface area contributed by atoms with E-state index in [0.717, 1.165) is 20.9 Å². The highest BCUT2D eigenvalue weighted by atomic mass is 79.9. The van der Waals surface area contributed by atoms with Gasteiger partial charge >= 0.3 is 5.97 Å². The Bertz CT molecular complexity index is 607. The monoisotopic (exact) mass is 278 g/mol. The van der Waals surface area contributed by atoms with Crippen molar-refractivity contribution in [3.05, 3.63) is 28.6 Å². The second-order valence-corrected chi connectivity index (χ2v) is 3.84. The third-order valence-electron chi connectivity index (χ3n) is 2.03. The molecule has 0 aromatic carbocycles. The number of halogens is 1. The van der Waals surface area contributed by atoms with E-state index in [9.17, 15) is 4.79 Å². The van der Waals surface area contributed by atoms with Crippen molar-refractivity contribution in [2.45, 2.75) is 0 Å². The average Bonchev–Trinajstić information content (AvgIpc) is 2.70. The standard InChI is InChI=1S/C11H7BrN2O2/c1-16-10(15)3-2-7-4-14-9-6-13-5-8(12)11(7)9/h4-6,14H,1H3. The van der Waals surface area contributed by atoms with Crippen LogP contribution >= 0.6 is 15.9 Å². The molecule has 0 aliphatic heterocycles. The maximum absolute atomic E-state index is 10.9. The van der Waals surface area contributed by atoms with Crippen LogP contribution in [0, 0.1) is 11.8 Å². The van der Waals surface area contributed by atoms with E-state index in [4.69, 9.17) is 0 Å². The molecule has 0 radical (unpaired) electrons. The van der Waals surface area contributed by atoms with E-state index in [0.29, 0.717) is 0 Å². The summed E-state index contributed by atoms with van der Waals surface area (Å²) in [4.78, 5) is 17.9. The predicted octanol–water partition coefficient (Wildman–Crippen LogP) is 1.85. The zero-order valence-electron chi connectivity index (χ0n) is 8.37. The second-order valence-electron chi connectivity index (χ2n) is 2.99. The molecule has 0 fully saturated rings. The van der Waals surface area contributed by atoms with Crippen LogP contribution in [0.3, 0.4) is 0 Å². The summed E-state index contributed by atoms with van der Waals surface area (Å²) < 4.78 is 5.28. The van der Waals surface area contributed by atoms with Gasteiger partial charge in [0.1, 0.15) is 0 Å². The van der Waals surface area contributed by atoms with Gasteiger partial charge in [-0.05, 0) is 15.9 Å². The molecule has 4 nitrogen and oxygen atoms in total. The molecular weight excluding hydrogens is 272 g/mol. The number of aromatic nitrogens is 2. The molecule has 0 unspecified atom stereocenters. The Morgan fingerprint density at radius 1 is 1.56 bits per heavy atom. The zero-order chi connectivity index (χ0) is 11.5. The Hall–Kier alpha value is -1.80. The van der Waals surface area contributed by atoms with E-state index in [-0.39, 0.29) is 0 Å². The molecule has 0 amide bonds. The van der Waals surface area contributed by atoms with Gasteiger partial charge in [0, 0.05) is 28.2 Å². The molecule has 0 bridgehead atoms. The van der Waals surface area contributed by atoms with E-state index >= 15 is 0 Å². The first-order valence-corrected chi connectivity index (χ1v) is 5.22. The first-order valence-electron chi connectivity index (χ1n) is 4.43. The summed E-state index contributed by atoms with van der Waals surface area (Å²) in [6.45, 7) is 0. The minimum Gasteiger partial charge on any atom is -0.459 e. The van der Waals surface area contributed by atoms with Crippen LogP contribution in [0.5, 0.6) is 0 Å². The van der Waals surface area contributed by atoms with Crippen molar-refractivity contribution in [2.24, 2.45) is 0 Å². The summed E-state index contributed by atoms with van der Waals surface area (Å²) in [6, 6.07) is 0. The van der Waals surface area contributed by atoms with Crippen LogP contribution in [0.25, 0.3) is 10.9 Å². The molecule has 2 aromatic heterocycles. The van der Waals surface area contributed by atoms with Gasteiger partial charge < -0.3 is 9.72 Å². The van der Waals surface area contributed by atoms with Crippen LogP contribution < -0.4 is 0 Å². The summed E-state index contributed by atoms with van der Waals surface area (Å²) >= 11 is 3.38. The minimum atomic E-state index is -0.556. The molecule has 0 saturated carbocycles. The number of H-pyrrole nitrogens is 1. The average molecular weight is 279 g/mol. The topological polar surface area (TPSA) is 55.0 Å². The molecule has 16 heavy (non-hydrogen) atoms. The van der Waals surface area contributed by atoms with Gasteiger partial charge in [-0.1, -0.05) is 5.92 Å². The molecule has 0 atom stereocenters. The van der Waals surface area contributed by atoms with Gasteiger partial charge in [0.05, 0.1) is 24.4 Å². The van der Waals surface area contributed by atoms with E-state index in [1.165, 1.54) is 7.11 Å². The van der Waals surface area contributed by atoms with Gasteiger partial charge in [0.25, 0.3) is 0 Å². The predicted molar refractivity (Wildman–Crippen MR) is 62.7 cm³/mol. The largest absolute Gasteiger partial charge is 0.459 e. The number of ether oxygens (including phenoxy) is 1. The molecule has 2 heterocycles. The number of rotatable bonds is 0. The van der Waals surface area contributed by atoms with Gasteiger partial charge in [0.15, 0.2) is 0 Å². The number of methoxy groups -OCH3 is 1. The molecule has 0 aliphatic carbocycles. The van der Waals surface area contributed by atoms with E-state index in [1.54, 1.807) is 18.6 Å². The Labute approximate surface area is 100 Å². The summed E-state index contributed by atoms with van der Waals surface area (Å²) in [6.07, 6.45) is 5.11. The van der Waals surface area contributed by atoms with Crippen molar-refractivity contribution in [2.75, 3.05) is 7.11 Å². The summed E-state index contributed by atoms with van der Waals surface area (Å²) in [5.41, 5.74) is 1.60. The van der Waals surface area contributed by atoms with Crippen molar-refractivity contribution in [1.29, 1.82) is 0 Å². The first kappa shape index (κ1) is 10.7. The number of carbonyl (C=O) groups is 1. The van der Waals surface area contributed by atoms with Crippen LogP contribution in [0.15, 0.2) is 23.1 Å². The second kappa shape index (κ2) is 4.37. The summed E-state index contributed by atoms with van der Waals surface area (Å²) in [5, 5.41) is 0.909. The highest BCUT2D eigenvalue weighted by Gasteiger charge is 2.05. The number of hydrogen-bond donors (Lipinski definition) is 1. The Kier molecular flexibility index (Phi) is 2.93. The zero-order valence-corrected chi connectivity index (χ0v) is 9.96. The fraction of sp³-hybridized carbons (Fsp3) is 0.0909. The number of carbonyl (C=O) groups excluding carboxylic acids is 1. The van der Waals surface area contributed by atoms with E-state index in [1.807, 2.05) is 0 Å². The molecule has 0 saturated heterocycles. The van der Waals surface area contributed by atoms with Gasteiger partial charge in [-0.2, -0.15) is 0 Å². The summed E-state index contributed by atoms with van der Waals surface area (Å²) in [5.74, 6) is 4.57. The first-order chi connectivity index (χ1) is 7.72. The highest BCUT2D eigenvalue weighted by Crippen LogP contribution is 2.24. The smallest absolute Gasteiger partial charge is 0.384 e. The van der Waals surface area contributed by atoms with Crippen LogP contribution in [0.2, 0.25) is 0 Å². The number of fused-ring (bicyclic) bond motifs is 1. The third-order valence-corrected chi connectivity index (χ3v) is 2.63. The van der Waals surface area contributed by atoms with Gasteiger partial charge in [0.2, 0.25) is 0 Å².